The van der Waals surface area contributed by atoms with E-state index in [-0.39, 0.29) is 11.2 Å². The first-order valence-electron chi connectivity index (χ1n) is 7.88. The Balaban J connectivity index is 1.66. The highest BCUT2D eigenvalue weighted by Crippen LogP contribution is 2.34. The number of carbonyl (C=O) groups is 1. The number of piperidine rings is 1. The van der Waals surface area contributed by atoms with E-state index in [1.807, 2.05) is 35.2 Å². The highest BCUT2D eigenvalue weighted by molar-refractivity contribution is 8.02. The Labute approximate surface area is 144 Å². The second kappa shape index (κ2) is 7.79. The number of rotatable bonds is 6. The van der Waals surface area contributed by atoms with E-state index in [1.54, 1.807) is 0 Å². The van der Waals surface area contributed by atoms with Gasteiger partial charge in [0, 0.05) is 18.8 Å². The smallest absolute Gasteiger partial charge is 0.240 e. The highest BCUT2D eigenvalue weighted by atomic mass is 32.2. The van der Waals surface area contributed by atoms with E-state index in [0.29, 0.717) is 0 Å². The number of anilines is 2. The van der Waals surface area contributed by atoms with Crippen molar-refractivity contribution in [3.05, 3.63) is 30.3 Å². The van der Waals surface area contributed by atoms with Crippen molar-refractivity contribution in [3.63, 3.8) is 0 Å². The van der Waals surface area contributed by atoms with Crippen LogP contribution in [0, 0.1) is 0 Å². The molecule has 1 saturated heterocycles. The first-order chi connectivity index (χ1) is 11.3. The van der Waals surface area contributed by atoms with Gasteiger partial charge in [-0.25, -0.2) is 0 Å². The molecule has 3 rings (SSSR count). The zero-order chi connectivity index (χ0) is 16.1. The maximum atomic E-state index is 12.8. The summed E-state index contributed by atoms with van der Waals surface area (Å²) in [5.74, 6) is 0.172. The van der Waals surface area contributed by atoms with Crippen LogP contribution in [0.2, 0.25) is 0 Å². The van der Waals surface area contributed by atoms with Gasteiger partial charge in [-0.2, -0.15) is 0 Å². The Morgan fingerprint density at radius 2 is 2.17 bits per heavy atom. The standard InChI is InChI=1S/C16H20N4OS2/c1-2-10-17-15-18-19-16(23-15)22-13-9-6-11-20(14(13)21)12-7-4-3-5-8-12/h3-5,7-8,13H,2,6,9-11H2,1H3,(H,17,18). The number of aromatic nitrogens is 2. The fourth-order valence-corrected chi connectivity index (χ4v) is 4.62. The van der Waals surface area contributed by atoms with E-state index >= 15 is 0 Å². The van der Waals surface area contributed by atoms with Crippen molar-refractivity contribution in [2.75, 3.05) is 23.3 Å². The van der Waals surface area contributed by atoms with Gasteiger partial charge in [0.2, 0.25) is 11.0 Å². The van der Waals surface area contributed by atoms with Gasteiger partial charge in [-0.1, -0.05) is 48.2 Å². The number of carbonyl (C=O) groups excluding carboxylic acids is 1. The van der Waals surface area contributed by atoms with Gasteiger partial charge in [0.1, 0.15) is 0 Å². The van der Waals surface area contributed by atoms with E-state index in [9.17, 15) is 4.79 Å². The third-order valence-electron chi connectivity index (χ3n) is 3.63. The van der Waals surface area contributed by atoms with E-state index < -0.39 is 0 Å². The lowest BCUT2D eigenvalue weighted by molar-refractivity contribution is -0.119. The van der Waals surface area contributed by atoms with Gasteiger partial charge in [-0.05, 0) is 31.4 Å². The summed E-state index contributed by atoms with van der Waals surface area (Å²) in [6.45, 7) is 3.80. The average Bonchev–Trinajstić information content (AvgIpc) is 3.03. The van der Waals surface area contributed by atoms with Gasteiger partial charge >= 0.3 is 0 Å². The molecule has 0 spiro atoms. The number of hydrogen-bond donors (Lipinski definition) is 1. The maximum absolute atomic E-state index is 12.8. The third-order valence-corrected chi connectivity index (χ3v) is 5.85. The zero-order valence-corrected chi connectivity index (χ0v) is 14.7. The first-order valence-corrected chi connectivity index (χ1v) is 9.58. The summed E-state index contributed by atoms with van der Waals surface area (Å²) in [5.41, 5.74) is 0.977. The van der Waals surface area contributed by atoms with Crippen molar-refractivity contribution in [2.24, 2.45) is 0 Å². The third kappa shape index (κ3) is 4.03. The molecular weight excluding hydrogens is 328 g/mol. The molecule has 1 fully saturated rings. The maximum Gasteiger partial charge on any atom is 0.240 e. The van der Waals surface area contributed by atoms with Gasteiger partial charge in [-0.3, -0.25) is 4.79 Å². The summed E-state index contributed by atoms with van der Waals surface area (Å²) < 4.78 is 0.858. The van der Waals surface area contributed by atoms with Crippen molar-refractivity contribution in [1.29, 1.82) is 0 Å². The van der Waals surface area contributed by atoms with Crippen LogP contribution in [0.1, 0.15) is 26.2 Å². The van der Waals surface area contributed by atoms with E-state index in [1.165, 1.54) is 23.1 Å². The number of thioether (sulfide) groups is 1. The number of hydrogen-bond acceptors (Lipinski definition) is 6. The molecule has 2 aromatic rings. The molecule has 2 heterocycles. The molecule has 1 aliphatic rings. The van der Waals surface area contributed by atoms with Crippen molar-refractivity contribution in [1.82, 2.24) is 10.2 Å². The number of nitrogens with one attached hydrogen (secondary N) is 1. The zero-order valence-electron chi connectivity index (χ0n) is 13.1. The summed E-state index contributed by atoms with van der Waals surface area (Å²) >= 11 is 3.06. The fourth-order valence-electron chi connectivity index (χ4n) is 2.50. The molecule has 1 N–H and O–H groups in total. The quantitative estimate of drug-likeness (QED) is 0.863. The minimum atomic E-state index is -0.0732. The van der Waals surface area contributed by atoms with Crippen molar-refractivity contribution in [3.8, 4) is 0 Å². The Morgan fingerprint density at radius 3 is 2.96 bits per heavy atom. The van der Waals surface area contributed by atoms with Gasteiger partial charge in [-0.15, -0.1) is 10.2 Å². The summed E-state index contributed by atoms with van der Waals surface area (Å²) in [4.78, 5) is 14.6. The normalized spacial score (nSPS) is 18.2. The Bertz CT molecular complexity index is 647. The van der Waals surface area contributed by atoms with Crippen molar-refractivity contribution < 1.29 is 4.79 Å². The lowest BCUT2D eigenvalue weighted by Crippen LogP contribution is -2.42. The monoisotopic (exact) mass is 348 g/mol. The van der Waals surface area contributed by atoms with Crippen LogP contribution in [0.5, 0.6) is 0 Å². The van der Waals surface area contributed by atoms with Crippen LogP contribution in [0.25, 0.3) is 0 Å². The van der Waals surface area contributed by atoms with Crippen LogP contribution in [0.3, 0.4) is 0 Å². The topological polar surface area (TPSA) is 58.1 Å². The van der Waals surface area contributed by atoms with Crippen LogP contribution < -0.4 is 10.2 Å². The molecular formula is C16H20N4OS2. The summed E-state index contributed by atoms with van der Waals surface area (Å²) in [6, 6.07) is 9.88. The Hall–Kier alpha value is -1.60. The number of amides is 1. The molecule has 0 bridgehead atoms. The van der Waals surface area contributed by atoms with Crippen molar-refractivity contribution in [2.45, 2.75) is 35.8 Å². The molecule has 1 aromatic heterocycles. The van der Waals surface area contributed by atoms with Crippen LogP contribution in [0.15, 0.2) is 34.7 Å². The molecule has 0 aliphatic carbocycles. The predicted octanol–water partition coefficient (Wildman–Crippen LogP) is 3.65. The first kappa shape index (κ1) is 16.3. The second-order valence-corrected chi connectivity index (χ2v) is 7.80. The van der Waals surface area contributed by atoms with Gasteiger partial charge in [0.15, 0.2) is 4.34 Å². The molecule has 1 unspecified atom stereocenters. The molecule has 1 amide bonds. The lowest BCUT2D eigenvalue weighted by Gasteiger charge is -2.31. The molecule has 1 aliphatic heterocycles. The number of nitrogens with zero attached hydrogens (tertiary/aromatic N) is 3. The molecule has 0 radical (unpaired) electrons. The van der Waals surface area contributed by atoms with E-state index in [2.05, 4.69) is 22.4 Å². The summed E-state index contributed by atoms with van der Waals surface area (Å²) in [7, 11) is 0. The molecule has 7 heteroatoms. The molecule has 122 valence electrons. The molecule has 1 atom stereocenters. The molecule has 1 aromatic carbocycles. The van der Waals surface area contributed by atoms with Crippen molar-refractivity contribution >= 4 is 39.8 Å². The minimum Gasteiger partial charge on any atom is -0.360 e. The number of para-hydroxylation sites is 1. The Kier molecular flexibility index (Phi) is 5.51. The fraction of sp³-hybridized carbons (Fsp3) is 0.438. The summed E-state index contributed by atoms with van der Waals surface area (Å²) in [6.07, 6.45) is 2.96. The Morgan fingerprint density at radius 1 is 1.35 bits per heavy atom. The average molecular weight is 348 g/mol. The summed E-state index contributed by atoms with van der Waals surface area (Å²) in [5, 5.41) is 12.3. The van der Waals surface area contributed by atoms with E-state index in [4.69, 9.17) is 0 Å². The molecule has 23 heavy (non-hydrogen) atoms. The van der Waals surface area contributed by atoms with Gasteiger partial charge < -0.3 is 10.2 Å². The predicted molar refractivity (Wildman–Crippen MR) is 96.4 cm³/mol. The van der Waals surface area contributed by atoms with Crippen LogP contribution in [0.4, 0.5) is 10.8 Å². The van der Waals surface area contributed by atoms with Gasteiger partial charge in [0.25, 0.3) is 0 Å². The SMILES string of the molecule is CCCNc1nnc(SC2CCCN(c3ccccc3)C2=O)s1. The van der Waals surface area contributed by atoms with Gasteiger partial charge in [0.05, 0.1) is 5.25 Å². The number of benzene rings is 1. The molecule has 0 saturated carbocycles. The van der Waals surface area contributed by atoms with E-state index in [0.717, 1.165) is 47.5 Å². The lowest BCUT2D eigenvalue weighted by atomic mass is 10.1. The molecule has 5 nitrogen and oxygen atoms in total. The highest BCUT2D eigenvalue weighted by Gasteiger charge is 2.31. The van der Waals surface area contributed by atoms with Crippen LogP contribution >= 0.6 is 23.1 Å². The minimum absolute atomic E-state index is 0.0732. The van der Waals surface area contributed by atoms with Crippen LogP contribution in [-0.2, 0) is 4.79 Å². The second-order valence-electron chi connectivity index (χ2n) is 5.37. The van der Waals surface area contributed by atoms with Crippen LogP contribution in [-0.4, -0.2) is 34.4 Å². The largest absolute Gasteiger partial charge is 0.360 e.